The van der Waals surface area contributed by atoms with Crippen molar-refractivity contribution in [2.45, 2.75) is 18.4 Å². The lowest BCUT2D eigenvalue weighted by Gasteiger charge is -2.20. The van der Waals surface area contributed by atoms with E-state index in [-0.39, 0.29) is 10.5 Å². The Kier molecular flexibility index (Phi) is 4.55. The van der Waals surface area contributed by atoms with Crippen LogP contribution in [0, 0.1) is 11.3 Å². The molecule has 0 aliphatic carbocycles. The van der Waals surface area contributed by atoms with Gasteiger partial charge in [-0.05, 0) is 23.6 Å². The first-order chi connectivity index (χ1) is 9.59. The normalized spacial score (nSPS) is 11.4. The molecule has 0 saturated heterocycles. The minimum absolute atomic E-state index is 0.0703. The predicted molar refractivity (Wildman–Crippen MR) is 78.7 cm³/mol. The summed E-state index contributed by atoms with van der Waals surface area (Å²) in [5.41, 5.74) is 0.178. The lowest BCUT2D eigenvalue weighted by Crippen LogP contribution is -2.30. The van der Waals surface area contributed by atoms with Crippen molar-refractivity contribution in [3.05, 3.63) is 52.2 Å². The topological polar surface area (TPSA) is 61.2 Å². The molecule has 20 heavy (non-hydrogen) atoms. The molecule has 0 N–H and O–H groups in total. The van der Waals surface area contributed by atoms with Crippen molar-refractivity contribution in [1.82, 2.24) is 4.31 Å². The fourth-order valence-electron chi connectivity index (χ4n) is 1.87. The zero-order valence-electron chi connectivity index (χ0n) is 11.0. The van der Waals surface area contributed by atoms with Gasteiger partial charge in [-0.15, -0.1) is 11.3 Å². The van der Waals surface area contributed by atoms with E-state index in [4.69, 9.17) is 5.26 Å². The molecule has 0 unspecified atom stereocenters. The van der Waals surface area contributed by atoms with E-state index in [1.165, 1.54) is 27.8 Å². The Morgan fingerprint density at radius 1 is 1.25 bits per heavy atom. The molecule has 0 amide bonds. The largest absolute Gasteiger partial charge is 0.244 e. The maximum atomic E-state index is 12.6. The molecule has 0 radical (unpaired) electrons. The van der Waals surface area contributed by atoms with Gasteiger partial charge in [0.2, 0.25) is 10.0 Å². The van der Waals surface area contributed by atoms with Crippen LogP contribution in [0.1, 0.15) is 17.4 Å². The van der Waals surface area contributed by atoms with E-state index in [0.29, 0.717) is 13.1 Å². The van der Waals surface area contributed by atoms with Crippen LogP contribution in [-0.4, -0.2) is 19.3 Å². The zero-order chi connectivity index (χ0) is 14.6. The average molecular weight is 306 g/mol. The van der Waals surface area contributed by atoms with Gasteiger partial charge in [0.25, 0.3) is 0 Å². The van der Waals surface area contributed by atoms with Gasteiger partial charge in [-0.3, -0.25) is 0 Å². The Morgan fingerprint density at radius 3 is 2.60 bits per heavy atom. The Balaban J connectivity index is 2.39. The first-order valence-electron chi connectivity index (χ1n) is 6.11. The third-order valence-corrected chi connectivity index (χ3v) is 5.73. The molecule has 1 aromatic heterocycles. The summed E-state index contributed by atoms with van der Waals surface area (Å²) in [6.45, 7) is 2.48. The van der Waals surface area contributed by atoms with E-state index >= 15 is 0 Å². The van der Waals surface area contributed by atoms with Crippen LogP contribution in [0.3, 0.4) is 0 Å². The third kappa shape index (κ3) is 2.90. The number of thiophene rings is 1. The van der Waals surface area contributed by atoms with Crippen molar-refractivity contribution >= 4 is 21.4 Å². The fourth-order valence-corrected chi connectivity index (χ4v) is 4.24. The summed E-state index contributed by atoms with van der Waals surface area (Å²) in [7, 11) is -3.65. The second-order valence-electron chi connectivity index (χ2n) is 4.12. The molecule has 0 fully saturated rings. The average Bonchev–Trinajstić information content (AvgIpc) is 2.97. The van der Waals surface area contributed by atoms with Crippen LogP contribution in [0.4, 0.5) is 0 Å². The quantitative estimate of drug-likeness (QED) is 0.853. The highest BCUT2D eigenvalue weighted by atomic mass is 32.2. The summed E-state index contributed by atoms with van der Waals surface area (Å²) >= 11 is 1.52. The summed E-state index contributed by atoms with van der Waals surface area (Å²) in [6.07, 6.45) is 0. The van der Waals surface area contributed by atoms with Crippen LogP contribution in [0.2, 0.25) is 0 Å². The zero-order valence-corrected chi connectivity index (χ0v) is 12.6. The van der Waals surface area contributed by atoms with Crippen LogP contribution in [0.15, 0.2) is 46.7 Å². The van der Waals surface area contributed by atoms with Crippen molar-refractivity contribution in [2.75, 3.05) is 6.54 Å². The number of benzene rings is 1. The Morgan fingerprint density at radius 2 is 2.00 bits per heavy atom. The number of hydrogen-bond acceptors (Lipinski definition) is 4. The van der Waals surface area contributed by atoms with Gasteiger partial charge >= 0.3 is 0 Å². The summed E-state index contributed by atoms with van der Waals surface area (Å²) in [5, 5.41) is 11.0. The van der Waals surface area contributed by atoms with Gasteiger partial charge in [0.1, 0.15) is 6.07 Å². The fraction of sp³-hybridized carbons (Fsp3) is 0.214. The molecule has 0 bridgehead atoms. The number of hydrogen-bond donors (Lipinski definition) is 0. The van der Waals surface area contributed by atoms with Crippen LogP contribution >= 0.6 is 11.3 Å². The standard InChI is InChI=1S/C14H14N2O2S2/c1-2-16(11-13-7-5-9-19-13)20(17,18)14-8-4-3-6-12(14)10-15/h3-9H,2,11H2,1H3. The highest BCUT2D eigenvalue weighted by Crippen LogP contribution is 2.22. The molecule has 0 saturated carbocycles. The van der Waals surface area contributed by atoms with Gasteiger partial charge in [-0.1, -0.05) is 25.1 Å². The Labute approximate surface area is 123 Å². The molecule has 1 aromatic carbocycles. The minimum atomic E-state index is -3.65. The van der Waals surface area contributed by atoms with E-state index in [1.54, 1.807) is 19.1 Å². The van der Waals surface area contributed by atoms with Gasteiger partial charge < -0.3 is 0 Å². The van der Waals surface area contributed by atoms with Crippen molar-refractivity contribution in [3.63, 3.8) is 0 Å². The van der Waals surface area contributed by atoms with Crippen LogP contribution in [-0.2, 0) is 16.6 Å². The lowest BCUT2D eigenvalue weighted by molar-refractivity contribution is 0.426. The number of sulfonamides is 1. The first-order valence-corrected chi connectivity index (χ1v) is 8.43. The van der Waals surface area contributed by atoms with E-state index in [1.807, 2.05) is 23.6 Å². The third-order valence-electron chi connectivity index (χ3n) is 2.89. The number of nitrogens with zero attached hydrogens (tertiary/aromatic N) is 2. The molecule has 1 heterocycles. The van der Waals surface area contributed by atoms with E-state index < -0.39 is 10.0 Å². The molecule has 0 spiro atoms. The predicted octanol–water partition coefficient (Wildman–Crippen LogP) is 2.83. The lowest BCUT2D eigenvalue weighted by atomic mass is 10.2. The highest BCUT2D eigenvalue weighted by molar-refractivity contribution is 7.89. The van der Waals surface area contributed by atoms with Crippen molar-refractivity contribution < 1.29 is 8.42 Å². The molecule has 104 valence electrons. The Bertz CT molecular complexity index is 716. The van der Waals surface area contributed by atoms with Crippen LogP contribution < -0.4 is 0 Å². The minimum Gasteiger partial charge on any atom is -0.207 e. The van der Waals surface area contributed by atoms with E-state index in [2.05, 4.69) is 0 Å². The molecular formula is C14H14N2O2S2. The SMILES string of the molecule is CCN(Cc1cccs1)S(=O)(=O)c1ccccc1C#N. The molecule has 6 heteroatoms. The second kappa shape index (κ2) is 6.18. The van der Waals surface area contributed by atoms with Gasteiger partial charge in [0, 0.05) is 18.0 Å². The molecule has 0 aliphatic heterocycles. The van der Waals surface area contributed by atoms with Gasteiger partial charge in [-0.25, -0.2) is 8.42 Å². The monoisotopic (exact) mass is 306 g/mol. The second-order valence-corrected chi connectivity index (χ2v) is 7.06. The summed E-state index contributed by atoms with van der Waals surface area (Å²) in [5.74, 6) is 0. The van der Waals surface area contributed by atoms with Gasteiger partial charge in [0.15, 0.2) is 0 Å². The number of rotatable bonds is 5. The summed E-state index contributed by atoms with van der Waals surface area (Å²) in [4.78, 5) is 1.05. The van der Waals surface area contributed by atoms with Crippen LogP contribution in [0.25, 0.3) is 0 Å². The highest BCUT2D eigenvalue weighted by Gasteiger charge is 2.25. The smallest absolute Gasteiger partial charge is 0.207 e. The maximum absolute atomic E-state index is 12.6. The van der Waals surface area contributed by atoms with Crippen molar-refractivity contribution in [3.8, 4) is 6.07 Å². The molecular weight excluding hydrogens is 292 g/mol. The van der Waals surface area contributed by atoms with Crippen molar-refractivity contribution in [1.29, 1.82) is 5.26 Å². The van der Waals surface area contributed by atoms with E-state index in [0.717, 1.165) is 4.88 Å². The van der Waals surface area contributed by atoms with Crippen molar-refractivity contribution in [2.24, 2.45) is 0 Å². The first kappa shape index (κ1) is 14.7. The molecule has 0 atom stereocenters. The van der Waals surface area contributed by atoms with Crippen LogP contribution in [0.5, 0.6) is 0 Å². The maximum Gasteiger partial charge on any atom is 0.244 e. The molecule has 2 aromatic rings. The summed E-state index contributed by atoms with van der Waals surface area (Å²) < 4.78 is 26.7. The number of nitriles is 1. The van der Waals surface area contributed by atoms with E-state index in [9.17, 15) is 8.42 Å². The van der Waals surface area contributed by atoms with Gasteiger partial charge in [-0.2, -0.15) is 9.57 Å². The summed E-state index contributed by atoms with van der Waals surface area (Å²) in [6, 6.07) is 12.0. The molecule has 0 aliphatic rings. The Hall–Kier alpha value is -1.68. The molecule has 2 rings (SSSR count). The van der Waals surface area contributed by atoms with Gasteiger partial charge in [0.05, 0.1) is 10.5 Å². The molecule has 4 nitrogen and oxygen atoms in total.